The van der Waals surface area contributed by atoms with Gasteiger partial charge in [0.25, 0.3) is 0 Å². The van der Waals surface area contributed by atoms with Crippen molar-refractivity contribution in [2.24, 2.45) is 0 Å². The predicted octanol–water partition coefficient (Wildman–Crippen LogP) is 3.26. The molecule has 0 aromatic heterocycles. The topological polar surface area (TPSA) is 26.3 Å². The maximum absolute atomic E-state index is 11.6. The summed E-state index contributed by atoms with van der Waals surface area (Å²) < 4.78 is 6.02. The molecule has 1 aliphatic heterocycles. The van der Waals surface area contributed by atoms with Gasteiger partial charge in [-0.3, -0.25) is 4.79 Å². The number of hydrogen-bond donors (Lipinski definition) is 0. The van der Waals surface area contributed by atoms with Crippen molar-refractivity contribution in [2.45, 2.75) is 64.6 Å². The Morgan fingerprint density at radius 2 is 2.00 bits per heavy atom. The molecule has 0 N–H and O–H groups in total. The molecule has 0 bridgehead atoms. The lowest BCUT2D eigenvalue weighted by molar-refractivity contribution is -0.170. The molecule has 2 nitrogen and oxygen atoms in total. The van der Waals surface area contributed by atoms with Crippen LogP contribution in [-0.4, -0.2) is 17.0 Å². The second kappa shape index (κ2) is 4.48. The van der Waals surface area contributed by atoms with E-state index in [9.17, 15) is 4.79 Å². The fraction of sp³-hybridized carbons (Fsp3) is 0.769. The normalized spacial score (nSPS) is 30.7. The lowest BCUT2D eigenvalue weighted by Crippen LogP contribution is -2.44. The summed E-state index contributed by atoms with van der Waals surface area (Å²) in [5.74, 6) is 0.165. The van der Waals surface area contributed by atoms with Crippen LogP contribution in [0.1, 0.15) is 53.4 Å². The summed E-state index contributed by atoms with van der Waals surface area (Å²) >= 11 is 0. The first kappa shape index (κ1) is 12.4. The molecule has 0 radical (unpaired) electrons. The minimum absolute atomic E-state index is 0.0801. The third kappa shape index (κ3) is 3.78. The van der Waals surface area contributed by atoms with Gasteiger partial charge in [-0.15, -0.1) is 0 Å². The summed E-state index contributed by atoms with van der Waals surface area (Å²) in [6.07, 6.45) is 7.14. The number of allylic oxidation sites excluding steroid dienone is 2. The van der Waals surface area contributed by atoms with Gasteiger partial charge in [0.1, 0.15) is 0 Å². The smallest absolute Gasteiger partial charge is 0.158 e. The van der Waals surface area contributed by atoms with Gasteiger partial charge in [0, 0.05) is 6.42 Å². The van der Waals surface area contributed by atoms with Crippen LogP contribution in [0.4, 0.5) is 0 Å². The number of hydrogen-bond acceptors (Lipinski definition) is 2. The standard InChI is InChI=1S/C13H22O2/c1-5-7-11(14)10-13(4)9-6-8-12(2,3)15-13/h5,7H,6,8-10H2,1-4H3. The summed E-state index contributed by atoms with van der Waals surface area (Å²) in [6.45, 7) is 8.12. The van der Waals surface area contributed by atoms with Crippen molar-refractivity contribution < 1.29 is 9.53 Å². The van der Waals surface area contributed by atoms with Gasteiger partial charge in [-0.25, -0.2) is 0 Å². The van der Waals surface area contributed by atoms with E-state index in [2.05, 4.69) is 20.8 Å². The largest absolute Gasteiger partial charge is 0.369 e. The quantitative estimate of drug-likeness (QED) is 0.668. The Morgan fingerprint density at radius 1 is 1.33 bits per heavy atom. The van der Waals surface area contributed by atoms with Crippen molar-refractivity contribution in [1.82, 2.24) is 0 Å². The SMILES string of the molecule is CC=CC(=O)CC1(C)CCCC(C)(C)O1. The molecule has 0 aromatic carbocycles. The monoisotopic (exact) mass is 210 g/mol. The fourth-order valence-corrected chi connectivity index (χ4v) is 2.39. The maximum Gasteiger partial charge on any atom is 0.158 e. The van der Waals surface area contributed by atoms with Crippen molar-refractivity contribution in [2.75, 3.05) is 0 Å². The number of carbonyl (C=O) groups is 1. The van der Waals surface area contributed by atoms with Gasteiger partial charge in [0.05, 0.1) is 11.2 Å². The predicted molar refractivity (Wildman–Crippen MR) is 61.9 cm³/mol. The van der Waals surface area contributed by atoms with Crippen LogP contribution < -0.4 is 0 Å². The molecule has 1 heterocycles. The van der Waals surface area contributed by atoms with Crippen LogP contribution in [0.3, 0.4) is 0 Å². The third-order valence-corrected chi connectivity index (χ3v) is 2.91. The Kier molecular flexibility index (Phi) is 3.72. The van der Waals surface area contributed by atoms with Crippen LogP contribution in [0, 0.1) is 0 Å². The number of ether oxygens (including phenoxy) is 1. The molecule has 0 saturated carbocycles. The highest BCUT2D eigenvalue weighted by atomic mass is 16.5. The van der Waals surface area contributed by atoms with Gasteiger partial charge in [-0.05, 0) is 53.0 Å². The molecule has 2 heteroatoms. The molecule has 0 aliphatic carbocycles. The average Bonchev–Trinajstić information content (AvgIpc) is 1.99. The van der Waals surface area contributed by atoms with E-state index >= 15 is 0 Å². The molecule has 15 heavy (non-hydrogen) atoms. The molecular weight excluding hydrogens is 188 g/mol. The van der Waals surface area contributed by atoms with Crippen LogP contribution in [0.25, 0.3) is 0 Å². The molecule has 1 fully saturated rings. The second-order valence-corrected chi connectivity index (χ2v) is 5.31. The number of rotatable bonds is 3. The highest BCUT2D eigenvalue weighted by Crippen LogP contribution is 2.37. The van der Waals surface area contributed by atoms with E-state index in [1.54, 1.807) is 12.2 Å². The number of ketones is 1. The third-order valence-electron chi connectivity index (χ3n) is 2.91. The summed E-state index contributed by atoms with van der Waals surface area (Å²) in [6, 6.07) is 0. The van der Waals surface area contributed by atoms with Gasteiger partial charge in [0.2, 0.25) is 0 Å². The summed E-state index contributed by atoms with van der Waals surface area (Å²) in [7, 11) is 0. The molecular formula is C13H22O2. The molecule has 0 amide bonds. The van der Waals surface area contributed by atoms with Crippen molar-refractivity contribution in [3.8, 4) is 0 Å². The molecule has 0 spiro atoms. The lowest BCUT2D eigenvalue weighted by atomic mass is 9.85. The lowest BCUT2D eigenvalue weighted by Gasteiger charge is -2.43. The Morgan fingerprint density at radius 3 is 2.53 bits per heavy atom. The average molecular weight is 210 g/mol. The zero-order chi connectivity index (χ0) is 11.5. The first-order chi connectivity index (χ1) is 6.87. The van der Waals surface area contributed by atoms with E-state index in [0.29, 0.717) is 6.42 Å². The Balaban J connectivity index is 2.62. The Bertz CT molecular complexity index is 266. The minimum Gasteiger partial charge on any atom is -0.369 e. The van der Waals surface area contributed by atoms with E-state index < -0.39 is 0 Å². The van der Waals surface area contributed by atoms with Crippen molar-refractivity contribution in [3.63, 3.8) is 0 Å². The van der Waals surface area contributed by atoms with Gasteiger partial charge < -0.3 is 4.74 Å². The highest BCUT2D eigenvalue weighted by molar-refractivity contribution is 5.90. The van der Waals surface area contributed by atoms with Crippen LogP contribution in [-0.2, 0) is 9.53 Å². The van der Waals surface area contributed by atoms with E-state index in [1.165, 1.54) is 0 Å². The van der Waals surface area contributed by atoms with E-state index in [1.807, 2.05) is 6.92 Å². The summed E-state index contributed by atoms with van der Waals surface area (Å²) in [5, 5.41) is 0. The van der Waals surface area contributed by atoms with E-state index in [0.717, 1.165) is 19.3 Å². The van der Waals surface area contributed by atoms with Gasteiger partial charge in [-0.1, -0.05) is 6.08 Å². The van der Waals surface area contributed by atoms with E-state index in [-0.39, 0.29) is 17.0 Å². The molecule has 0 aromatic rings. The van der Waals surface area contributed by atoms with Crippen molar-refractivity contribution >= 4 is 5.78 Å². The Hall–Kier alpha value is -0.630. The molecule has 1 atom stereocenters. The fourth-order valence-electron chi connectivity index (χ4n) is 2.39. The zero-order valence-corrected chi connectivity index (χ0v) is 10.3. The summed E-state index contributed by atoms with van der Waals surface area (Å²) in [4.78, 5) is 11.6. The van der Waals surface area contributed by atoms with E-state index in [4.69, 9.17) is 4.74 Å². The molecule has 86 valence electrons. The highest BCUT2D eigenvalue weighted by Gasteiger charge is 2.38. The first-order valence-corrected chi connectivity index (χ1v) is 5.73. The van der Waals surface area contributed by atoms with Crippen LogP contribution >= 0.6 is 0 Å². The number of carbonyl (C=O) groups excluding carboxylic acids is 1. The van der Waals surface area contributed by atoms with Crippen molar-refractivity contribution in [3.05, 3.63) is 12.2 Å². The molecule has 1 aliphatic rings. The van der Waals surface area contributed by atoms with Crippen LogP contribution in [0.5, 0.6) is 0 Å². The van der Waals surface area contributed by atoms with Crippen LogP contribution in [0.15, 0.2) is 12.2 Å². The first-order valence-electron chi connectivity index (χ1n) is 5.73. The zero-order valence-electron chi connectivity index (χ0n) is 10.3. The molecule has 1 rings (SSSR count). The van der Waals surface area contributed by atoms with Gasteiger partial charge in [0.15, 0.2) is 5.78 Å². The maximum atomic E-state index is 11.6. The Labute approximate surface area is 92.7 Å². The molecule has 1 saturated heterocycles. The van der Waals surface area contributed by atoms with Crippen LogP contribution in [0.2, 0.25) is 0 Å². The second-order valence-electron chi connectivity index (χ2n) is 5.31. The minimum atomic E-state index is -0.266. The van der Waals surface area contributed by atoms with Gasteiger partial charge >= 0.3 is 0 Å². The van der Waals surface area contributed by atoms with Gasteiger partial charge in [-0.2, -0.15) is 0 Å². The molecule has 1 unspecified atom stereocenters. The summed E-state index contributed by atoms with van der Waals surface area (Å²) in [5.41, 5.74) is -0.346. The van der Waals surface area contributed by atoms with Crippen molar-refractivity contribution in [1.29, 1.82) is 0 Å².